The second-order valence-corrected chi connectivity index (χ2v) is 5.78. The van der Waals surface area contributed by atoms with Crippen LogP contribution in [0.2, 0.25) is 0 Å². The first kappa shape index (κ1) is 15.5. The molecule has 21 heavy (non-hydrogen) atoms. The second kappa shape index (κ2) is 7.81. The Morgan fingerprint density at radius 3 is 2.67 bits per heavy atom. The Hall–Kier alpha value is -1.84. The van der Waals surface area contributed by atoms with Crippen molar-refractivity contribution in [1.29, 1.82) is 0 Å². The molecular weight excluding hydrogens is 266 g/mol. The van der Waals surface area contributed by atoms with Crippen molar-refractivity contribution in [3.63, 3.8) is 0 Å². The van der Waals surface area contributed by atoms with Gasteiger partial charge in [0.25, 0.3) is 0 Å². The summed E-state index contributed by atoms with van der Waals surface area (Å²) in [4.78, 5) is 22.9. The number of carbonyl (C=O) groups is 2. The predicted molar refractivity (Wildman–Crippen MR) is 80.9 cm³/mol. The number of aliphatic carboxylic acids is 1. The molecule has 0 aromatic heterocycles. The first-order valence-electron chi connectivity index (χ1n) is 7.70. The average molecular weight is 289 g/mol. The standard InChI is InChI=1S/C17H23NO3/c19-16(11-4-8-13-6-2-1-3-7-13)18-12-14-9-5-10-15(14)17(20)21/h1-3,6-7,14-15H,4-5,8-12H2,(H,18,19)(H,20,21). The van der Waals surface area contributed by atoms with Gasteiger partial charge < -0.3 is 10.4 Å². The molecule has 4 heteroatoms. The second-order valence-electron chi connectivity index (χ2n) is 5.78. The van der Waals surface area contributed by atoms with E-state index in [1.165, 1.54) is 5.56 Å². The van der Waals surface area contributed by atoms with Gasteiger partial charge in [-0.1, -0.05) is 36.8 Å². The molecule has 0 heterocycles. The lowest BCUT2D eigenvalue weighted by Crippen LogP contribution is -2.32. The molecule has 1 aliphatic carbocycles. The Morgan fingerprint density at radius 2 is 1.95 bits per heavy atom. The number of hydrogen-bond donors (Lipinski definition) is 2. The van der Waals surface area contributed by atoms with Crippen LogP contribution in [0.1, 0.15) is 37.7 Å². The molecular formula is C17H23NO3. The van der Waals surface area contributed by atoms with Crippen LogP contribution in [0.15, 0.2) is 30.3 Å². The summed E-state index contributed by atoms with van der Waals surface area (Å²) in [5, 5.41) is 12.0. The lowest BCUT2D eigenvalue weighted by Gasteiger charge is -2.16. The highest BCUT2D eigenvalue weighted by Gasteiger charge is 2.32. The molecule has 114 valence electrons. The van der Waals surface area contributed by atoms with Gasteiger partial charge in [-0.2, -0.15) is 0 Å². The summed E-state index contributed by atoms with van der Waals surface area (Å²) in [5.41, 5.74) is 1.24. The predicted octanol–water partition coefficient (Wildman–Crippen LogP) is 2.63. The molecule has 0 saturated heterocycles. The van der Waals surface area contributed by atoms with E-state index in [0.717, 1.165) is 32.1 Å². The molecule has 1 aromatic carbocycles. The quantitative estimate of drug-likeness (QED) is 0.811. The number of carboxylic acids is 1. The monoisotopic (exact) mass is 289 g/mol. The van der Waals surface area contributed by atoms with E-state index in [1.807, 2.05) is 18.2 Å². The molecule has 1 aliphatic rings. The highest BCUT2D eigenvalue weighted by Crippen LogP contribution is 2.31. The van der Waals surface area contributed by atoms with Gasteiger partial charge in [0.15, 0.2) is 0 Å². The highest BCUT2D eigenvalue weighted by atomic mass is 16.4. The zero-order chi connectivity index (χ0) is 15.1. The van der Waals surface area contributed by atoms with E-state index >= 15 is 0 Å². The Labute approximate surface area is 125 Å². The molecule has 2 atom stereocenters. The van der Waals surface area contributed by atoms with Crippen LogP contribution < -0.4 is 5.32 Å². The Bertz CT molecular complexity index is 472. The largest absolute Gasteiger partial charge is 0.481 e. The van der Waals surface area contributed by atoms with Gasteiger partial charge in [0.05, 0.1) is 5.92 Å². The summed E-state index contributed by atoms with van der Waals surface area (Å²) < 4.78 is 0. The van der Waals surface area contributed by atoms with Crippen molar-refractivity contribution in [1.82, 2.24) is 5.32 Å². The number of amides is 1. The molecule has 2 rings (SSSR count). The maximum Gasteiger partial charge on any atom is 0.306 e. The maximum atomic E-state index is 11.8. The van der Waals surface area contributed by atoms with Crippen molar-refractivity contribution in [3.8, 4) is 0 Å². The summed E-state index contributed by atoms with van der Waals surface area (Å²) in [6.45, 7) is 0.501. The molecule has 4 nitrogen and oxygen atoms in total. The molecule has 0 bridgehead atoms. The number of aryl methyl sites for hydroxylation is 1. The average Bonchev–Trinajstić information content (AvgIpc) is 2.95. The Kier molecular flexibility index (Phi) is 5.78. The Morgan fingerprint density at radius 1 is 1.19 bits per heavy atom. The molecule has 2 N–H and O–H groups in total. The van der Waals surface area contributed by atoms with E-state index in [1.54, 1.807) is 0 Å². The van der Waals surface area contributed by atoms with Crippen molar-refractivity contribution >= 4 is 11.9 Å². The first-order chi connectivity index (χ1) is 10.2. The van der Waals surface area contributed by atoms with Gasteiger partial charge in [-0.3, -0.25) is 9.59 Å². The van der Waals surface area contributed by atoms with Gasteiger partial charge in [-0.15, -0.1) is 0 Å². The van der Waals surface area contributed by atoms with Crippen LogP contribution in [0.5, 0.6) is 0 Å². The van der Waals surface area contributed by atoms with Crippen molar-refractivity contribution in [2.75, 3.05) is 6.54 Å². The number of carboxylic acid groups (broad SMARTS) is 1. The summed E-state index contributed by atoms with van der Waals surface area (Å²) in [7, 11) is 0. The van der Waals surface area contributed by atoms with E-state index < -0.39 is 5.97 Å². The minimum absolute atomic E-state index is 0.0296. The third-order valence-corrected chi connectivity index (χ3v) is 4.25. The highest BCUT2D eigenvalue weighted by molar-refractivity contribution is 5.76. The van der Waals surface area contributed by atoms with Crippen LogP contribution in [0.25, 0.3) is 0 Å². The minimum Gasteiger partial charge on any atom is -0.481 e. The Balaban J connectivity index is 1.65. The maximum absolute atomic E-state index is 11.8. The van der Waals surface area contributed by atoms with E-state index in [9.17, 15) is 9.59 Å². The molecule has 1 aromatic rings. The lowest BCUT2D eigenvalue weighted by molar-refractivity contribution is -0.143. The number of benzene rings is 1. The fourth-order valence-corrected chi connectivity index (χ4v) is 3.04. The molecule has 0 spiro atoms. The summed E-state index contributed by atoms with van der Waals surface area (Å²) in [5.74, 6) is -0.881. The first-order valence-corrected chi connectivity index (χ1v) is 7.70. The van der Waals surface area contributed by atoms with Crippen LogP contribution in [0.3, 0.4) is 0 Å². The van der Waals surface area contributed by atoms with Gasteiger partial charge in [0.1, 0.15) is 0 Å². The summed E-state index contributed by atoms with van der Waals surface area (Å²) in [6, 6.07) is 10.1. The van der Waals surface area contributed by atoms with Crippen LogP contribution in [-0.2, 0) is 16.0 Å². The van der Waals surface area contributed by atoms with E-state index in [0.29, 0.717) is 13.0 Å². The third kappa shape index (κ3) is 4.88. The fourth-order valence-electron chi connectivity index (χ4n) is 3.04. The summed E-state index contributed by atoms with van der Waals surface area (Å²) in [6.07, 6.45) is 4.81. The fraction of sp³-hybridized carbons (Fsp3) is 0.529. The SMILES string of the molecule is O=C(CCCc1ccccc1)NCC1CCCC1C(=O)O. The van der Waals surface area contributed by atoms with Gasteiger partial charge in [0, 0.05) is 13.0 Å². The van der Waals surface area contributed by atoms with Crippen LogP contribution >= 0.6 is 0 Å². The van der Waals surface area contributed by atoms with Crippen LogP contribution in [0.4, 0.5) is 0 Å². The number of rotatable bonds is 7. The molecule has 1 fully saturated rings. The van der Waals surface area contributed by atoms with Crippen molar-refractivity contribution in [2.45, 2.75) is 38.5 Å². The van der Waals surface area contributed by atoms with Gasteiger partial charge in [0.2, 0.25) is 5.91 Å². The van der Waals surface area contributed by atoms with Gasteiger partial charge >= 0.3 is 5.97 Å². The lowest BCUT2D eigenvalue weighted by atomic mass is 9.96. The van der Waals surface area contributed by atoms with E-state index in [4.69, 9.17) is 5.11 Å². The summed E-state index contributed by atoms with van der Waals surface area (Å²) >= 11 is 0. The number of nitrogens with one attached hydrogen (secondary N) is 1. The zero-order valence-electron chi connectivity index (χ0n) is 12.3. The van der Waals surface area contributed by atoms with Crippen LogP contribution in [-0.4, -0.2) is 23.5 Å². The number of carbonyl (C=O) groups excluding carboxylic acids is 1. The van der Waals surface area contributed by atoms with Crippen molar-refractivity contribution < 1.29 is 14.7 Å². The van der Waals surface area contributed by atoms with Gasteiger partial charge in [-0.25, -0.2) is 0 Å². The molecule has 2 unspecified atom stereocenters. The zero-order valence-corrected chi connectivity index (χ0v) is 12.3. The van der Waals surface area contributed by atoms with Crippen LogP contribution in [0, 0.1) is 11.8 Å². The minimum atomic E-state index is -0.726. The molecule has 1 amide bonds. The third-order valence-electron chi connectivity index (χ3n) is 4.25. The smallest absolute Gasteiger partial charge is 0.306 e. The molecule has 1 saturated carbocycles. The van der Waals surface area contributed by atoms with E-state index in [2.05, 4.69) is 17.4 Å². The van der Waals surface area contributed by atoms with E-state index in [-0.39, 0.29) is 17.7 Å². The molecule has 0 aliphatic heterocycles. The van der Waals surface area contributed by atoms with Crippen molar-refractivity contribution in [3.05, 3.63) is 35.9 Å². The molecule has 0 radical (unpaired) electrons. The van der Waals surface area contributed by atoms with Gasteiger partial charge in [-0.05, 0) is 37.2 Å². The van der Waals surface area contributed by atoms with Crippen molar-refractivity contribution in [2.24, 2.45) is 11.8 Å². The topological polar surface area (TPSA) is 66.4 Å². The normalized spacial score (nSPS) is 21.1. The number of hydrogen-bond acceptors (Lipinski definition) is 2.